The summed E-state index contributed by atoms with van der Waals surface area (Å²) in [5.74, 6) is -1.53. The van der Waals surface area contributed by atoms with Gasteiger partial charge < -0.3 is 0 Å². The molecule has 0 spiro atoms. The minimum Gasteiger partial charge on any atom is -0.275 e. The van der Waals surface area contributed by atoms with Gasteiger partial charge >= 0.3 is 0 Å². The Labute approximate surface area is 185 Å². The molecule has 0 aliphatic heterocycles. The van der Waals surface area contributed by atoms with Gasteiger partial charge in [0.1, 0.15) is 5.82 Å². The van der Waals surface area contributed by atoms with Gasteiger partial charge in [0.25, 0.3) is 5.91 Å². The van der Waals surface area contributed by atoms with Crippen molar-refractivity contribution in [2.45, 2.75) is 31.7 Å². The van der Waals surface area contributed by atoms with Crippen molar-refractivity contribution in [3.05, 3.63) is 59.8 Å². The third-order valence-electron chi connectivity index (χ3n) is 5.61. The van der Waals surface area contributed by atoms with Crippen LogP contribution < -0.4 is 4.72 Å². The van der Waals surface area contributed by atoms with Crippen LogP contribution in [-0.2, 0) is 26.1 Å². The number of sulfonamides is 1. The van der Waals surface area contributed by atoms with Gasteiger partial charge in [-0.3, -0.25) is 9.63 Å². The van der Waals surface area contributed by atoms with E-state index in [1.54, 1.807) is 6.07 Å². The van der Waals surface area contributed by atoms with E-state index in [4.69, 9.17) is 4.84 Å². The lowest BCUT2D eigenvalue weighted by molar-refractivity contribution is -0.180. The van der Waals surface area contributed by atoms with Gasteiger partial charge in [-0.2, -0.15) is 0 Å². The average Bonchev–Trinajstić information content (AvgIpc) is 3.17. The number of hydrogen-bond donors (Lipinski definition) is 1. The molecule has 8 nitrogen and oxygen atoms in total. The van der Waals surface area contributed by atoms with E-state index >= 15 is 0 Å². The largest absolute Gasteiger partial charge is 0.275 e. The second-order valence-electron chi connectivity index (χ2n) is 7.75. The molecule has 1 aromatic carbocycles. The fraction of sp³-hybridized carbons (Fsp3) is 0.381. The standard InChI is InChI=1S/C21H24F2N4O4S/c1-4-32(29,30)26-16-7-8-21(11-16,20(28)27(2)31-3)10-14-5-6-18(23)17(9-14)19-24-12-15(22)13-25-19/h4-6,9,12-13,16,26H,1,7-8,10-11H2,2-3H3/t16-,21+/m0/s1. The molecule has 1 aliphatic rings. The number of hydrogen-bond acceptors (Lipinski definition) is 6. The fourth-order valence-electron chi connectivity index (χ4n) is 4.05. The van der Waals surface area contributed by atoms with E-state index in [2.05, 4.69) is 21.3 Å². The summed E-state index contributed by atoms with van der Waals surface area (Å²) < 4.78 is 54.0. The van der Waals surface area contributed by atoms with Crippen molar-refractivity contribution in [1.82, 2.24) is 19.8 Å². The maximum absolute atomic E-state index is 14.4. The molecule has 1 heterocycles. The number of amides is 1. The van der Waals surface area contributed by atoms with E-state index in [1.807, 2.05) is 0 Å². The summed E-state index contributed by atoms with van der Waals surface area (Å²) >= 11 is 0. The van der Waals surface area contributed by atoms with Gasteiger partial charge in [-0.25, -0.2) is 37.0 Å². The quantitative estimate of drug-likeness (QED) is 0.600. The van der Waals surface area contributed by atoms with Crippen LogP contribution in [0.3, 0.4) is 0 Å². The van der Waals surface area contributed by atoms with Crippen LogP contribution in [0.15, 0.2) is 42.6 Å². The second kappa shape index (κ2) is 9.39. The van der Waals surface area contributed by atoms with Gasteiger partial charge in [-0.05, 0) is 43.4 Å². The Morgan fingerprint density at radius 3 is 2.69 bits per heavy atom. The number of nitrogens with zero attached hydrogens (tertiary/aromatic N) is 3. The summed E-state index contributed by atoms with van der Waals surface area (Å²) in [6.45, 7) is 3.29. The predicted octanol–water partition coefficient (Wildman–Crippen LogP) is 2.59. The number of hydroxylamine groups is 2. The third kappa shape index (κ3) is 5.17. The van der Waals surface area contributed by atoms with Gasteiger partial charge in [-0.1, -0.05) is 12.6 Å². The molecule has 2 atom stereocenters. The van der Waals surface area contributed by atoms with Crippen molar-refractivity contribution in [3.8, 4) is 11.4 Å². The highest BCUT2D eigenvalue weighted by molar-refractivity contribution is 7.92. The minimum absolute atomic E-state index is 0.0168. The molecular weight excluding hydrogens is 442 g/mol. The first-order chi connectivity index (χ1) is 15.1. The molecule has 172 valence electrons. The summed E-state index contributed by atoms with van der Waals surface area (Å²) in [6.07, 6.45) is 3.16. The van der Waals surface area contributed by atoms with Crippen LogP contribution in [0, 0.1) is 17.0 Å². The van der Waals surface area contributed by atoms with Crippen molar-refractivity contribution in [2.24, 2.45) is 5.41 Å². The molecule has 1 N–H and O–H groups in total. The van der Waals surface area contributed by atoms with Gasteiger partial charge in [0, 0.05) is 18.5 Å². The molecular formula is C21H24F2N4O4S. The number of nitrogens with one attached hydrogen (secondary N) is 1. The summed E-state index contributed by atoms with van der Waals surface area (Å²) in [5.41, 5.74) is -0.274. The van der Waals surface area contributed by atoms with Crippen LogP contribution in [0.2, 0.25) is 0 Å². The summed E-state index contributed by atoms with van der Waals surface area (Å²) in [5, 5.41) is 1.93. The van der Waals surface area contributed by atoms with E-state index in [-0.39, 0.29) is 30.1 Å². The van der Waals surface area contributed by atoms with Crippen molar-refractivity contribution < 1.29 is 26.8 Å². The zero-order valence-corrected chi connectivity index (χ0v) is 18.5. The maximum atomic E-state index is 14.4. The van der Waals surface area contributed by atoms with Crippen LogP contribution in [-0.4, -0.2) is 49.6 Å². The molecule has 0 bridgehead atoms. The van der Waals surface area contributed by atoms with Gasteiger partial charge in [0.2, 0.25) is 10.0 Å². The normalized spacial score (nSPS) is 20.8. The zero-order valence-electron chi connectivity index (χ0n) is 17.7. The maximum Gasteiger partial charge on any atom is 0.252 e. The van der Waals surface area contributed by atoms with Crippen LogP contribution >= 0.6 is 0 Å². The van der Waals surface area contributed by atoms with Crippen molar-refractivity contribution in [3.63, 3.8) is 0 Å². The molecule has 1 saturated carbocycles. The van der Waals surface area contributed by atoms with Crippen LogP contribution in [0.1, 0.15) is 24.8 Å². The number of carbonyl (C=O) groups excluding carboxylic acids is 1. The fourth-order valence-corrected chi connectivity index (χ4v) is 4.81. The second-order valence-corrected chi connectivity index (χ2v) is 9.41. The minimum atomic E-state index is -3.67. The summed E-state index contributed by atoms with van der Waals surface area (Å²) in [7, 11) is -0.827. The highest BCUT2D eigenvalue weighted by atomic mass is 32.2. The van der Waals surface area contributed by atoms with E-state index < -0.39 is 33.1 Å². The number of aromatic nitrogens is 2. The predicted molar refractivity (Wildman–Crippen MR) is 113 cm³/mol. The lowest BCUT2D eigenvalue weighted by atomic mass is 9.78. The Hall–Kier alpha value is -2.76. The molecule has 0 radical (unpaired) electrons. The zero-order chi connectivity index (χ0) is 23.5. The molecule has 1 amide bonds. The number of halogens is 2. The molecule has 32 heavy (non-hydrogen) atoms. The van der Waals surface area contributed by atoms with Gasteiger partial charge in [-0.15, -0.1) is 0 Å². The Morgan fingerprint density at radius 2 is 2.06 bits per heavy atom. The summed E-state index contributed by atoms with van der Waals surface area (Å²) in [4.78, 5) is 25.9. The van der Waals surface area contributed by atoms with Crippen LogP contribution in [0.25, 0.3) is 11.4 Å². The monoisotopic (exact) mass is 466 g/mol. The van der Waals surface area contributed by atoms with Crippen molar-refractivity contribution in [2.75, 3.05) is 14.2 Å². The van der Waals surface area contributed by atoms with Crippen molar-refractivity contribution in [1.29, 1.82) is 0 Å². The van der Waals surface area contributed by atoms with Gasteiger partial charge in [0.15, 0.2) is 11.6 Å². The Balaban J connectivity index is 1.94. The lowest BCUT2D eigenvalue weighted by Gasteiger charge is -2.31. The smallest absolute Gasteiger partial charge is 0.252 e. The van der Waals surface area contributed by atoms with Crippen LogP contribution in [0.5, 0.6) is 0 Å². The molecule has 1 aromatic heterocycles. The first-order valence-corrected chi connectivity index (χ1v) is 11.4. The Kier molecular flexibility index (Phi) is 7.01. The van der Waals surface area contributed by atoms with E-state index in [1.165, 1.54) is 26.3 Å². The van der Waals surface area contributed by atoms with E-state index in [0.29, 0.717) is 18.4 Å². The van der Waals surface area contributed by atoms with E-state index in [9.17, 15) is 22.0 Å². The summed E-state index contributed by atoms with van der Waals surface area (Å²) in [6, 6.07) is 3.84. The molecule has 3 rings (SSSR count). The first kappa shape index (κ1) is 23.9. The van der Waals surface area contributed by atoms with Crippen LogP contribution in [0.4, 0.5) is 8.78 Å². The number of benzene rings is 1. The number of carbonyl (C=O) groups is 1. The average molecular weight is 467 g/mol. The molecule has 0 unspecified atom stereocenters. The topological polar surface area (TPSA) is 101 Å². The molecule has 0 saturated heterocycles. The lowest BCUT2D eigenvalue weighted by Crippen LogP contribution is -2.43. The van der Waals surface area contributed by atoms with Crippen molar-refractivity contribution >= 4 is 15.9 Å². The van der Waals surface area contributed by atoms with E-state index in [0.717, 1.165) is 22.9 Å². The molecule has 1 fully saturated rings. The number of rotatable bonds is 8. The highest BCUT2D eigenvalue weighted by Gasteiger charge is 2.47. The molecule has 2 aromatic rings. The Bertz CT molecular complexity index is 1110. The molecule has 11 heteroatoms. The Morgan fingerprint density at radius 1 is 1.38 bits per heavy atom. The first-order valence-electron chi connectivity index (χ1n) is 9.82. The SMILES string of the molecule is C=CS(=O)(=O)N[C@H]1CC[C@](Cc2ccc(F)c(-c3ncc(F)cn3)c2)(C(=O)N(C)OC)C1. The molecule has 1 aliphatic carbocycles. The highest BCUT2D eigenvalue weighted by Crippen LogP contribution is 2.43. The van der Waals surface area contributed by atoms with Gasteiger partial charge in [0.05, 0.1) is 30.5 Å². The third-order valence-corrected chi connectivity index (χ3v) is 6.71.